The van der Waals surface area contributed by atoms with Crippen LogP contribution in [0.4, 0.5) is 0 Å². The summed E-state index contributed by atoms with van der Waals surface area (Å²) in [5.41, 5.74) is 2.28. The van der Waals surface area contributed by atoms with Gasteiger partial charge < -0.3 is 9.84 Å². The number of rotatable bonds is 8. The molecule has 4 rings (SSSR count). The van der Waals surface area contributed by atoms with Gasteiger partial charge in [-0.05, 0) is 37.1 Å². The number of aromatic carboxylic acids is 1. The Morgan fingerprint density at radius 1 is 0.676 bits per heavy atom. The molecule has 0 radical (unpaired) electrons. The van der Waals surface area contributed by atoms with Crippen molar-refractivity contribution in [3.8, 4) is 5.75 Å². The van der Waals surface area contributed by atoms with Crippen molar-refractivity contribution in [2.24, 2.45) is 0 Å². The second-order valence-corrected chi connectivity index (χ2v) is 8.49. The average Bonchev–Trinajstić information content (AvgIpc) is 2.92. The van der Waals surface area contributed by atoms with E-state index in [9.17, 15) is 24.3 Å². The third kappa shape index (κ3) is 5.38. The lowest BCUT2D eigenvalue weighted by Gasteiger charge is -2.14. The fraction of sp³-hybridized carbons (Fsp3) is 0.0968. The number of ketones is 2. The second-order valence-electron chi connectivity index (χ2n) is 8.49. The number of esters is 1. The highest BCUT2D eigenvalue weighted by Crippen LogP contribution is 2.28. The Balaban J connectivity index is 1.72. The molecule has 6 nitrogen and oxygen atoms in total. The van der Waals surface area contributed by atoms with Gasteiger partial charge in [-0.1, -0.05) is 85.3 Å². The molecule has 184 valence electrons. The van der Waals surface area contributed by atoms with Gasteiger partial charge in [0.25, 0.3) is 0 Å². The maximum absolute atomic E-state index is 13.4. The van der Waals surface area contributed by atoms with Gasteiger partial charge >= 0.3 is 11.9 Å². The first-order chi connectivity index (χ1) is 17.8. The Morgan fingerprint density at radius 3 is 1.86 bits per heavy atom. The van der Waals surface area contributed by atoms with Crippen LogP contribution in [0.3, 0.4) is 0 Å². The van der Waals surface area contributed by atoms with Gasteiger partial charge in [0, 0.05) is 16.7 Å². The molecule has 37 heavy (non-hydrogen) atoms. The van der Waals surface area contributed by atoms with Crippen molar-refractivity contribution in [1.82, 2.24) is 0 Å². The van der Waals surface area contributed by atoms with Crippen molar-refractivity contribution in [3.05, 3.63) is 136 Å². The molecular formula is C31H24O6. The summed E-state index contributed by atoms with van der Waals surface area (Å²) in [4.78, 5) is 51.8. The lowest BCUT2D eigenvalue weighted by molar-refractivity contribution is 0.0682. The smallest absolute Gasteiger partial charge is 0.344 e. The van der Waals surface area contributed by atoms with Crippen LogP contribution in [0, 0.1) is 6.92 Å². The second kappa shape index (κ2) is 10.8. The van der Waals surface area contributed by atoms with Crippen molar-refractivity contribution in [3.63, 3.8) is 0 Å². The Labute approximate surface area is 214 Å². The number of carbonyl (C=O) groups excluding carboxylic acids is 3. The monoisotopic (exact) mass is 492 g/mol. The summed E-state index contributed by atoms with van der Waals surface area (Å²) in [5, 5.41) is 9.74. The van der Waals surface area contributed by atoms with Crippen molar-refractivity contribution >= 4 is 23.5 Å². The topological polar surface area (TPSA) is 97.7 Å². The molecule has 0 amide bonds. The van der Waals surface area contributed by atoms with E-state index in [-0.39, 0.29) is 39.4 Å². The third-order valence-corrected chi connectivity index (χ3v) is 6.02. The van der Waals surface area contributed by atoms with Gasteiger partial charge in [-0.15, -0.1) is 0 Å². The largest absolute Gasteiger partial charge is 0.478 e. The van der Waals surface area contributed by atoms with Crippen molar-refractivity contribution in [2.75, 3.05) is 0 Å². The molecule has 0 aliphatic heterocycles. The van der Waals surface area contributed by atoms with Crippen LogP contribution >= 0.6 is 0 Å². The van der Waals surface area contributed by atoms with E-state index in [4.69, 9.17) is 4.74 Å². The van der Waals surface area contributed by atoms with Gasteiger partial charge in [0.1, 0.15) is 5.75 Å². The molecule has 0 aliphatic rings. The highest BCUT2D eigenvalue weighted by atomic mass is 16.5. The van der Waals surface area contributed by atoms with E-state index >= 15 is 0 Å². The number of ether oxygens (including phenoxy) is 1. The number of carboxylic acid groups (broad SMARTS) is 1. The summed E-state index contributed by atoms with van der Waals surface area (Å²) in [6.45, 7) is 3.89. The molecule has 0 spiro atoms. The molecular weight excluding hydrogens is 468 g/mol. The van der Waals surface area contributed by atoms with Gasteiger partial charge in [-0.25, -0.2) is 9.59 Å². The van der Waals surface area contributed by atoms with E-state index in [0.717, 1.165) is 17.5 Å². The zero-order valence-electron chi connectivity index (χ0n) is 20.4. The van der Waals surface area contributed by atoms with Crippen LogP contribution in [-0.4, -0.2) is 28.6 Å². The van der Waals surface area contributed by atoms with Gasteiger partial charge in [0.15, 0.2) is 11.6 Å². The molecule has 6 heteroatoms. The molecule has 0 atom stereocenters. The normalized spacial score (nSPS) is 10.5. The first kappa shape index (κ1) is 25.3. The molecule has 4 aromatic rings. The fourth-order valence-corrected chi connectivity index (χ4v) is 3.94. The highest BCUT2D eigenvalue weighted by Gasteiger charge is 2.26. The third-order valence-electron chi connectivity index (χ3n) is 6.02. The molecule has 4 aromatic carbocycles. The van der Waals surface area contributed by atoms with E-state index in [1.54, 1.807) is 60.7 Å². The summed E-state index contributed by atoms with van der Waals surface area (Å²) in [7, 11) is 0. The number of aryl methyl sites for hydroxylation is 2. The first-order valence-electron chi connectivity index (χ1n) is 11.7. The molecule has 0 saturated carbocycles. The number of hydrogen-bond donors (Lipinski definition) is 1. The minimum absolute atomic E-state index is 0.000462. The SMILES string of the molecule is CCc1ccc(C(=O)c2c(OC(=O)c3ccccc3C(=O)c3ccc(C)cc3)cccc2C(=O)O)cc1. The number of benzene rings is 4. The van der Waals surface area contributed by atoms with Crippen LogP contribution in [0.25, 0.3) is 0 Å². The van der Waals surface area contributed by atoms with E-state index in [0.29, 0.717) is 5.56 Å². The molecule has 0 fully saturated rings. The van der Waals surface area contributed by atoms with Crippen LogP contribution in [0.1, 0.15) is 70.6 Å². The Kier molecular flexibility index (Phi) is 7.39. The number of carboxylic acids is 1. The Hall–Kier alpha value is -4.84. The van der Waals surface area contributed by atoms with E-state index in [2.05, 4.69) is 0 Å². The lowest BCUT2D eigenvalue weighted by atomic mass is 9.96. The zero-order chi connectivity index (χ0) is 26.5. The fourth-order valence-electron chi connectivity index (χ4n) is 3.94. The molecule has 0 aliphatic carbocycles. The standard InChI is InChI=1S/C31H24O6/c1-3-20-13-17-22(18-14-20)29(33)27-25(30(34)35)9-6-10-26(27)37-31(36)24-8-5-4-7-23(24)28(32)21-15-11-19(2)12-16-21/h4-18H,3H2,1-2H3,(H,34,35). The van der Waals surface area contributed by atoms with Crippen molar-refractivity contribution in [1.29, 1.82) is 0 Å². The van der Waals surface area contributed by atoms with Crippen LogP contribution < -0.4 is 4.74 Å². The summed E-state index contributed by atoms with van der Waals surface area (Å²) in [6, 6.07) is 24.0. The summed E-state index contributed by atoms with van der Waals surface area (Å²) >= 11 is 0. The van der Waals surface area contributed by atoms with Gasteiger partial charge in [0.05, 0.1) is 16.7 Å². The minimum Gasteiger partial charge on any atom is -0.478 e. The molecule has 0 unspecified atom stereocenters. The molecule has 0 aromatic heterocycles. The van der Waals surface area contributed by atoms with Crippen LogP contribution in [0.2, 0.25) is 0 Å². The maximum Gasteiger partial charge on any atom is 0.344 e. The Morgan fingerprint density at radius 2 is 1.24 bits per heavy atom. The van der Waals surface area contributed by atoms with E-state index in [1.807, 2.05) is 13.8 Å². The molecule has 1 N–H and O–H groups in total. The average molecular weight is 493 g/mol. The maximum atomic E-state index is 13.4. The van der Waals surface area contributed by atoms with Crippen molar-refractivity contribution in [2.45, 2.75) is 20.3 Å². The van der Waals surface area contributed by atoms with Gasteiger partial charge in [-0.3, -0.25) is 9.59 Å². The predicted octanol–water partition coefficient (Wildman–Crippen LogP) is 5.94. The molecule has 0 saturated heterocycles. The van der Waals surface area contributed by atoms with Gasteiger partial charge in [0.2, 0.25) is 0 Å². The van der Waals surface area contributed by atoms with E-state index < -0.39 is 17.7 Å². The van der Waals surface area contributed by atoms with Crippen LogP contribution in [-0.2, 0) is 6.42 Å². The van der Waals surface area contributed by atoms with Gasteiger partial charge in [-0.2, -0.15) is 0 Å². The molecule has 0 heterocycles. The predicted molar refractivity (Wildman–Crippen MR) is 139 cm³/mol. The highest BCUT2D eigenvalue weighted by molar-refractivity contribution is 6.17. The quantitative estimate of drug-likeness (QED) is 0.186. The lowest BCUT2D eigenvalue weighted by Crippen LogP contribution is -2.18. The molecule has 0 bridgehead atoms. The number of carbonyl (C=O) groups is 4. The summed E-state index contributed by atoms with van der Waals surface area (Å²) < 4.78 is 5.58. The number of hydrogen-bond acceptors (Lipinski definition) is 5. The summed E-state index contributed by atoms with van der Waals surface area (Å²) in [6.07, 6.45) is 0.782. The van der Waals surface area contributed by atoms with Crippen molar-refractivity contribution < 1.29 is 29.0 Å². The van der Waals surface area contributed by atoms with Crippen LogP contribution in [0.15, 0.2) is 91.0 Å². The first-order valence-corrected chi connectivity index (χ1v) is 11.7. The zero-order valence-corrected chi connectivity index (χ0v) is 20.4. The summed E-state index contributed by atoms with van der Waals surface area (Å²) in [5.74, 6) is -3.37. The van der Waals surface area contributed by atoms with Crippen LogP contribution in [0.5, 0.6) is 5.75 Å². The van der Waals surface area contributed by atoms with E-state index in [1.165, 1.54) is 30.3 Å². The minimum atomic E-state index is -1.33. The Bertz CT molecular complexity index is 1500.